The fourth-order valence-electron chi connectivity index (χ4n) is 1.53. The number of nitrogens with two attached hydrogens (primary N) is 1. The van der Waals surface area contributed by atoms with Gasteiger partial charge in [-0.15, -0.1) is 0 Å². The lowest BCUT2D eigenvalue weighted by Gasteiger charge is -2.11. The van der Waals surface area contributed by atoms with Gasteiger partial charge in [0.2, 0.25) is 0 Å². The minimum atomic E-state index is -4.36. The number of anilines is 2. The Morgan fingerprint density at radius 1 is 1.05 bits per heavy atom. The second-order valence-electron chi connectivity index (χ2n) is 4.03. The number of nitrogens with one attached hydrogen (secondary N) is 1. The first kappa shape index (κ1) is 15.5. The monoisotopic (exact) mass is 336 g/mol. The van der Waals surface area contributed by atoms with Gasteiger partial charge in [-0.05, 0) is 24.3 Å². The molecule has 9 heteroatoms. The zero-order valence-electron chi connectivity index (χ0n) is 10.2. The summed E-state index contributed by atoms with van der Waals surface area (Å²) in [5, 5.41) is -0.251. The van der Waals surface area contributed by atoms with Gasteiger partial charge in [-0.25, -0.2) is 21.6 Å². The highest BCUT2D eigenvalue weighted by atomic mass is 35.5. The van der Waals surface area contributed by atoms with Crippen molar-refractivity contribution in [3.8, 4) is 0 Å². The average Bonchev–Trinajstić information content (AvgIpc) is 2.38. The first-order valence-corrected chi connectivity index (χ1v) is 7.29. The highest BCUT2D eigenvalue weighted by Gasteiger charge is 2.21. The van der Waals surface area contributed by atoms with E-state index in [1.807, 2.05) is 4.72 Å². The molecule has 2 rings (SSSR count). The van der Waals surface area contributed by atoms with Crippen LogP contribution in [0.1, 0.15) is 0 Å². The van der Waals surface area contributed by atoms with Gasteiger partial charge >= 0.3 is 0 Å². The number of halogens is 4. The molecule has 21 heavy (non-hydrogen) atoms. The summed E-state index contributed by atoms with van der Waals surface area (Å²) in [6, 6.07) is 3.89. The molecule has 0 fully saturated rings. The van der Waals surface area contributed by atoms with Crippen molar-refractivity contribution in [2.45, 2.75) is 4.90 Å². The lowest BCUT2D eigenvalue weighted by molar-refractivity contribution is 0.584. The Bertz CT molecular complexity index is 812. The van der Waals surface area contributed by atoms with Crippen molar-refractivity contribution in [2.75, 3.05) is 10.5 Å². The first-order chi connectivity index (χ1) is 9.70. The SMILES string of the molecule is Nc1cc(NS(=O)(=O)c2cc(F)ccc2Cl)c(F)cc1F. The Labute approximate surface area is 123 Å². The van der Waals surface area contributed by atoms with Gasteiger partial charge in [0, 0.05) is 6.07 Å². The van der Waals surface area contributed by atoms with Gasteiger partial charge in [0.15, 0.2) is 0 Å². The van der Waals surface area contributed by atoms with Crippen LogP contribution in [-0.4, -0.2) is 8.42 Å². The van der Waals surface area contributed by atoms with Crippen molar-refractivity contribution in [1.82, 2.24) is 0 Å². The fourth-order valence-corrected chi connectivity index (χ4v) is 3.10. The zero-order chi connectivity index (χ0) is 15.8. The molecular formula is C12H8ClF3N2O2S. The van der Waals surface area contributed by atoms with E-state index in [0.717, 1.165) is 18.2 Å². The van der Waals surface area contributed by atoms with Crippen molar-refractivity contribution >= 4 is 33.0 Å². The predicted octanol–water partition coefficient (Wildman–Crippen LogP) is 3.14. The van der Waals surface area contributed by atoms with Crippen molar-refractivity contribution in [3.05, 3.63) is 52.8 Å². The molecule has 0 saturated carbocycles. The minimum Gasteiger partial charge on any atom is -0.396 e. The number of benzene rings is 2. The standard InChI is InChI=1S/C12H8ClF3N2O2S/c13-7-2-1-6(14)3-12(7)21(19,20)18-11-5-10(17)8(15)4-9(11)16/h1-5,18H,17H2. The van der Waals surface area contributed by atoms with Gasteiger partial charge in [-0.3, -0.25) is 4.72 Å². The maximum Gasteiger partial charge on any atom is 0.263 e. The van der Waals surface area contributed by atoms with E-state index in [1.165, 1.54) is 0 Å². The lowest BCUT2D eigenvalue weighted by Crippen LogP contribution is -2.15. The highest BCUT2D eigenvalue weighted by Crippen LogP contribution is 2.27. The molecule has 0 saturated heterocycles. The zero-order valence-corrected chi connectivity index (χ0v) is 11.8. The van der Waals surface area contributed by atoms with Crippen molar-refractivity contribution in [3.63, 3.8) is 0 Å². The molecule has 0 radical (unpaired) electrons. The van der Waals surface area contributed by atoms with E-state index >= 15 is 0 Å². The van der Waals surface area contributed by atoms with Crippen LogP contribution in [0.5, 0.6) is 0 Å². The molecular weight excluding hydrogens is 329 g/mol. The minimum absolute atomic E-state index is 0.251. The summed E-state index contributed by atoms with van der Waals surface area (Å²) in [5.74, 6) is -3.03. The Hall–Kier alpha value is -1.93. The molecule has 0 amide bonds. The van der Waals surface area contributed by atoms with E-state index in [-0.39, 0.29) is 5.02 Å². The smallest absolute Gasteiger partial charge is 0.263 e. The largest absolute Gasteiger partial charge is 0.396 e. The molecule has 4 nitrogen and oxygen atoms in total. The van der Waals surface area contributed by atoms with E-state index in [0.29, 0.717) is 12.1 Å². The van der Waals surface area contributed by atoms with Crippen LogP contribution in [0.3, 0.4) is 0 Å². The molecule has 112 valence electrons. The Morgan fingerprint density at radius 2 is 1.71 bits per heavy atom. The van der Waals surface area contributed by atoms with E-state index < -0.39 is 43.7 Å². The third kappa shape index (κ3) is 3.22. The van der Waals surface area contributed by atoms with Gasteiger partial charge in [-0.1, -0.05) is 11.6 Å². The molecule has 0 aliphatic heterocycles. The number of rotatable bonds is 3. The third-order valence-electron chi connectivity index (χ3n) is 2.51. The van der Waals surface area contributed by atoms with Gasteiger partial charge < -0.3 is 5.73 Å². The summed E-state index contributed by atoms with van der Waals surface area (Å²) in [6.45, 7) is 0. The molecule has 0 unspecified atom stereocenters. The predicted molar refractivity (Wildman–Crippen MR) is 73.0 cm³/mol. The maximum atomic E-state index is 13.5. The summed E-state index contributed by atoms with van der Waals surface area (Å²) >= 11 is 5.68. The Kier molecular flexibility index (Phi) is 4.02. The summed E-state index contributed by atoms with van der Waals surface area (Å²) in [5.41, 5.74) is 4.22. The summed E-state index contributed by atoms with van der Waals surface area (Å²) in [4.78, 5) is -0.577. The third-order valence-corrected chi connectivity index (χ3v) is 4.36. The Morgan fingerprint density at radius 3 is 2.38 bits per heavy atom. The topological polar surface area (TPSA) is 72.2 Å². The van der Waals surface area contributed by atoms with Gasteiger partial charge in [0.1, 0.15) is 22.3 Å². The van der Waals surface area contributed by atoms with Crippen LogP contribution >= 0.6 is 11.6 Å². The van der Waals surface area contributed by atoms with Crippen molar-refractivity contribution < 1.29 is 21.6 Å². The van der Waals surface area contributed by atoms with Crippen LogP contribution in [0.4, 0.5) is 24.5 Å². The van der Waals surface area contributed by atoms with Crippen LogP contribution in [-0.2, 0) is 10.0 Å². The van der Waals surface area contributed by atoms with Crippen molar-refractivity contribution in [1.29, 1.82) is 0 Å². The molecule has 0 heterocycles. The molecule has 2 aromatic rings. The summed E-state index contributed by atoms with van der Waals surface area (Å²) in [6.07, 6.45) is 0. The highest BCUT2D eigenvalue weighted by molar-refractivity contribution is 7.92. The van der Waals surface area contributed by atoms with Crippen molar-refractivity contribution in [2.24, 2.45) is 0 Å². The number of hydrogen-bond acceptors (Lipinski definition) is 3. The molecule has 2 aromatic carbocycles. The second kappa shape index (κ2) is 5.45. The van der Waals surface area contributed by atoms with E-state index in [4.69, 9.17) is 17.3 Å². The molecule has 0 bridgehead atoms. The number of nitrogen functional groups attached to an aromatic ring is 1. The van der Waals surface area contributed by atoms with Crippen LogP contribution in [0, 0.1) is 17.5 Å². The van der Waals surface area contributed by atoms with Gasteiger partial charge in [0.05, 0.1) is 16.4 Å². The summed E-state index contributed by atoms with van der Waals surface area (Å²) in [7, 11) is -4.36. The average molecular weight is 337 g/mol. The maximum absolute atomic E-state index is 13.5. The molecule has 0 aliphatic carbocycles. The first-order valence-electron chi connectivity index (χ1n) is 5.43. The van der Waals surface area contributed by atoms with Gasteiger partial charge in [-0.2, -0.15) is 0 Å². The number of hydrogen-bond donors (Lipinski definition) is 2. The van der Waals surface area contributed by atoms with Crippen LogP contribution in [0.25, 0.3) is 0 Å². The number of sulfonamides is 1. The fraction of sp³-hybridized carbons (Fsp3) is 0. The van der Waals surface area contributed by atoms with Gasteiger partial charge in [0.25, 0.3) is 10.0 Å². The molecule has 0 aromatic heterocycles. The van der Waals surface area contributed by atoms with Crippen LogP contribution < -0.4 is 10.5 Å². The van der Waals surface area contributed by atoms with E-state index in [9.17, 15) is 21.6 Å². The quantitative estimate of drug-likeness (QED) is 0.846. The van der Waals surface area contributed by atoms with Crippen LogP contribution in [0.15, 0.2) is 35.2 Å². The molecule has 0 atom stereocenters. The molecule has 0 spiro atoms. The molecule has 3 N–H and O–H groups in total. The van der Waals surface area contributed by atoms with E-state index in [2.05, 4.69) is 0 Å². The van der Waals surface area contributed by atoms with Crippen LogP contribution in [0.2, 0.25) is 5.02 Å². The van der Waals surface area contributed by atoms with E-state index in [1.54, 1.807) is 0 Å². The normalized spacial score (nSPS) is 11.4. The Balaban J connectivity index is 2.47. The second-order valence-corrected chi connectivity index (χ2v) is 6.09. The summed E-state index contributed by atoms with van der Waals surface area (Å²) < 4.78 is 65.6. The molecule has 0 aliphatic rings. The lowest BCUT2D eigenvalue weighted by atomic mass is 10.2.